The fourth-order valence-electron chi connectivity index (χ4n) is 5.84. The van der Waals surface area contributed by atoms with Crippen molar-refractivity contribution in [3.8, 4) is 11.4 Å². The number of carbonyl (C=O) groups is 3. The van der Waals surface area contributed by atoms with E-state index in [0.717, 1.165) is 22.8 Å². The summed E-state index contributed by atoms with van der Waals surface area (Å²) in [4.78, 5) is 49.3. The molecule has 2 N–H and O–H groups in total. The SMILES string of the molecule is COc1ccc(-n2ccnc2CN2CCN3C(=O)[C@H](Cc4ccccc4)NC(=O)CCCn4cc(nn4)CNC(=O)[C@H]3C2)cc1. The van der Waals surface area contributed by atoms with E-state index in [1.54, 1.807) is 29.1 Å². The number of nitrogens with one attached hydrogen (secondary N) is 2. The van der Waals surface area contributed by atoms with Gasteiger partial charge in [0.05, 0.1) is 26.4 Å². The second-order valence-electron chi connectivity index (χ2n) is 11.3. The van der Waals surface area contributed by atoms with Crippen LogP contribution >= 0.6 is 0 Å². The Balaban J connectivity index is 1.25. The van der Waals surface area contributed by atoms with E-state index in [9.17, 15) is 14.4 Å². The third-order valence-electron chi connectivity index (χ3n) is 8.22. The molecule has 0 spiro atoms. The highest BCUT2D eigenvalue weighted by Crippen LogP contribution is 2.20. The van der Waals surface area contributed by atoms with Crippen LogP contribution in [0, 0.1) is 0 Å². The minimum Gasteiger partial charge on any atom is -0.497 e. The molecular formula is C32H37N9O4. The number of benzene rings is 2. The van der Waals surface area contributed by atoms with Gasteiger partial charge in [-0.3, -0.25) is 24.0 Å². The summed E-state index contributed by atoms with van der Waals surface area (Å²) in [5.74, 6) is 0.792. The van der Waals surface area contributed by atoms with Gasteiger partial charge in [0.1, 0.15) is 29.4 Å². The molecule has 0 saturated carbocycles. The van der Waals surface area contributed by atoms with Crippen LogP contribution in [0.2, 0.25) is 0 Å². The number of fused-ring (bicyclic) bond motifs is 3. The van der Waals surface area contributed by atoms with E-state index in [2.05, 4.69) is 30.8 Å². The number of methoxy groups -OCH3 is 1. The van der Waals surface area contributed by atoms with E-state index >= 15 is 0 Å². The lowest BCUT2D eigenvalue weighted by atomic mass is 10.0. The van der Waals surface area contributed by atoms with Crippen molar-refractivity contribution in [2.75, 3.05) is 26.7 Å². The van der Waals surface area contributed by atoms with Crippen LogP contribution in [0.15, 0.2) is 73.2 Å². The molecule has 0 radical (unpaired) electrons. The van der Waals surface area contributed by atoms with E-state index in [1.807, 2.05) is 65.4 Å². The molecule has 13 heteroatoms. The summed E-state index contributed by atoms with van der Waals surface area (Å²) in [5.41, 5.74) is 2.47. The number of aryl methyl sites for hydroxylation is 1. The Morgan fingerprint density at radius 1 is 1.00 bits per heavy atom. The summed E-state index contributed by atoms with van der Waals surface area (Å²) in [6.45, 7) is 2.31. The van der Waals surface area contributed by atoms with E-state index in [4.69, 9.17) is 4.74 Å². The summed E-state index contributed by atoms with van der Waals surface area (Å²) >= 11 is 0. The van der Waals surface area contributed by atoms with E-state index in [0.29, 0.717) is 51.3 Å². The zero-order chi connectivity index (χ0) is 31.2. The third-order valence-corrected chi connectivity index (χ3v) is 8.22. The zero-order valence-corrected chi connectivity index (χ0v) is 25.2. The summed E-state index contributed by atoms with van der Waals surface area (Å²) in [5, 5.41) is 14.2. The molecule has 0 unspecified atom stereocenters. The summed E-state index contributed by atoms with van der Waals surface area (Å²) in [6, 6.07) is 15.7. The number of nitrogens with zero attached hydrogens (tertiary/aromatic N) is 7. The lowest BCUT2D eigenvalue weighted by Crippen LogP contribution is -2.63. The summed E-state index contributed by atoms with van der Waals surface area (Å²) in [7, 11) is 1.63. The number of imidazole rings is 1. The Bertz CT molecular complexity index is 1620. The van der Waals surface area contributed by atoms with Crippen molar-refractivity contribution in [3.05, 3.63) is 90.3 Å². The van der Waals surface area contributed by atoms with Gasteiger partial charge >= 0.3 is 0 Å². The molecule has 6 rings (SSSR count). The molecular weight excluding hydrogens is 574 g/mol. The summed E-state index contributed by atoms with van der Waals surface area (Å²) in [6.07, 6.45) is 6.53. The molecule has 2 bridgehead atoms. The lowest BCUT2D eigenvalue weighted by Gasteiger charge is -2.41. The van der Waals surface area contributed by atoms with Crippen LogP contribution in [0.4, 0.5) is 0 Å². The molecule has 1 fully saturated rings. The average molecular weight is 612 g/mol. The number of hydrogen-bond donors (Lipinski definition) is 2. The van der Waals surface area contributed by atoms with Gasteiger partial charge in [-0.05, 0) is 36.2 Å². The van der Waals surface area contributed by atoms with Gasteiger partial charge in [0.15, 0.2) is 0 Å². The number of amides is 3. The van der Waals surface area contributed by atoms with Crippen LogP contribution < -0.4 is 15.4 Å². The molecule has 234 valence electrons. The maximum absolute atomic E-state index is 14.2. The second-order valence-corrected chi connectivity index (χ2v) is 11.3. The lowest BCUT2D eigenvalue weighted by molar-refractivity contribution is -0.146. The highest BCUT2D eigenvalue weighted by molar-refractivity contribution is 5.92. The molecule has 3 amide bonds. The van der Waals surface area contributed by atoms with Crippen molar-refractivity contribution in [2.24, 2.45) is 0 Å². The number of piperazine rings is 1. The number of aromatic nitrogens is 5. The quantitative estimate of drug-likeness (QED) is 0.333. The number of hydrogen-bond acceptors (Lipinski definition) is 8. The van der Waals surface area contributed by atoms with Crippen LogP contribution in [-0.4, -0.2) is 90.9 Å². The van der Waals surface area contributed by atoms with Gasteiger partial charge in [0.25, 0.3) is 0 Å². The number of carbonyl (C=O) groups excluding carboxylic acids is 3. The molecule has 2 aliphatic rings. The van der Waals surface area contributed by atoms with E-state index in [1.165, 1.54) is 0 Å². The topological polar surface area (TPSA) is 140 Å². The zero-order valence-electron chi connectivity index (χ0n) is 25.2. The Kier molecular flexibility index (Phi) is 9.15. The van der Waals surface area contributed by atoms with Crippen molar-refractivity contribution < 1.29 is 19.1 Å². The maximum atomic E-state index is 14.2. The predicted octanol–water partition coefficient (Wildman–Crippen LogP) is 1.32. The molecule has 2 atom stereocenters. The number of ether oxygens (including phenoxy) is 1. The molecule has 2 aliphatic heterocycles. The number of rotatable bonds is 6. The first-order valence-electron chi connectivity index (χ1n) is 15.2. The van der Waals surface area contributed by atoms with Crippen molar-refractivity contribution in [1.82, 2.24) is 45.0 Å². The molecule has 4 aromatic rings. The van der Waals surface area contributed by atoms with Crippen LogP contribution in [0.25, 0.3) is 5.69 Å². The minimum atomic E-state index is -0.807. The van der Waals surface area contributed by atoms with Gasteiger partial charge in [-0.25, -0.2) is 4.98 Å². The van der Waals surface area contributed by atoms with Crippen LogP contribution in [0.3, 0.4) is 0 Å². The normalized spacial score (nSPS) is 20.0. The average Bonchev–Trinajstić information content (AvgIpc) is 3.72. The Morgan fingerprint density at radius 2 is 1.82 bits per heavy atom. The van der Waals surface area contributed by atoms with Gasteiger partial charge in [0.2, 0.25) is 17.7 Å². The summed E-state index contributed by atoms with van der Waals surface area (Å²) < 4.78 is 8.97. The van der Waals surface area contributed by atoms with Crippen LogP contribution in [0.5, 0.6) is 5.75 Å². The van der Waals surface area contributed by atoms with Crippen molar-refractivity contribution >= 4 is 17.7 Å². The molecule has 13 nitrogen and oxygen atoms in total. The standard InChI is InChI=1S/C32H37N9O4/c1-45-26-11-9-25(10-12-26)40-15-13-33-29(40)22-38-16-17-41-28(21-38)31(43)34-19-24-20-39(37-36-24)14-5-8-30(42)35-27(32(41)44)18-23-6-3-2-4-7-23/h2-4,6-7,9-13,15,20,27-28H,5,8,14,16-19,21-22H2,1H3,(H,34,43)(H,35,42)/t27-,28+/m0/s1. The van der Waals surface area contributed by atoms with Gasteiger partial charge in [0, 0.05) is 57.1 Å². The first-order valence-corrected chi connectivity index (χ1v) is 15.2. The second kappa shape index (κ2) is 13.7. The monoisotopic (exact) mass is 611 g/mol. The molecule has 2 aromatic carbocycles. The van der Waals surface area contributed by atoms with Crippen molar-refractivity contribution in [1.29, 1.82) is 0 Å². The Hall–Kier alpha value is -5.04. The first-order chi connectivity index (χ1) is 22.0. The van der Waals surface area contributed by atoms with Gasteiger partial charge < -0.3 is 24.8 Å². The Labute approximate surface area is 261 Å². The van der Waals surface area contributed by atoms with Gasteiger partial charge in [-0.15, -0.1) is 5.10 Å². The van der Waals surface area contributed by atoms with E-state index in [-0.39, 0.29) is 30.7 Å². The first kappa shape index (κ1) is 30.0. The minimum absolute atomic E-state index is 0.184. The fourth-order valence-corrected chi connectivity index (χ4v) is 5.84. The molecule has 2 aromatic heterocycles. The third kappa shape index (κ3) is 7.20. The highest BCUT2D eigenvalue weighted by Gasteiger charge is 2.39. The highest BCUT2D eigenvalue weighted by atomic mass is 16.5. The van der Waals surface area contributed by atoms with Gasteiger partial charge in [-0.1, -0.05) is 35.5 Å². The van der Waals surface area contributed by atoms with Crippen molar-refractivity contribution in [3.63, 3.8) is 0 Å². The Morgan fingerprint density at radius 3 is 2.62 bits per heavy atom. The predicted molar refractivity (Wildman–Crippen MR) is 164 cm³/mol. The molecule has 0 aliphatic carbocycles. The fraction of sp³-hybridized carbons (Fsp3) is 0.375. The molecule has 1 saturated heterocycles. The van der Waals surface area contributed by atoms with Gasteiger partial charge in [-0.2, -0.15) is 0 Å². The largest absolute Gasteiger partial charge is 0.497 e. The van der Waals surface area contributed by atoms with Crippen LogP contribution in [0.1, 0.15) is 29.9 Å². The van der Waals surface area contributed by atoms with E-state index < -0.39 is 12.1 Å². The molecule has 45 heavy (non-hydrogen) atoms. The maximum Gasteiger partial charge on any atom is 0.246 e. The van der Waals surface area contributed by atoms with Crippen LogP contribution in [-0.2, 0) is 40.4 Å². The smallest absolute Gasteiger partial charge is 0.246 e. The molecule has 4 heterocycles. The van der Waals surface area contributed by atoms with Crippen molar-refractivity contribution in [2.45, 2.75) is 51.0 Å².